The number of hydrogen-bond acceptors (Lipinski definition) is 3. The highest BCUT2D eigenvalue weighted by molar-refractivity contribution is 5.97. The zero-order valence-electron chi connectivity index (χ0n) is 15.1. The number of aryl methyl sites for hydroxylation is 1. The lowest BCUT2D eigenvalue weighted by Crippen LogP contribution is -2.32. The van der Waals surface area contributed by atoms with Crippen molar-refractivity contribution in [1.29, 1.82) is 0 Å². The molecule has 5 nitrogen and oxygen atoms in total. The SMILES string of the molecule is CCC(Oc1ccccc1)C(=O)Nc1ccc(C)c(NC(=O)C2CC2)c1. The second-order valence-electron chi connectivity index (χ2n) is 6.61. The van der Waals surface area contributed by atoms with Crippen molar-refractivity contribution < 1.29 is 14.3 Å². The summed E-state index contributed by atoms with van der Waals surface area (Å²) in [4.78, 5) is 24.6. The summed E-state index contributed by atoms with van der Waals surface area (Å²) in [5, 5.41) is 5.83. The van der Waals surface area contributed by atoms with Crippen molar-refractivity contribution in [3.8, 4) is 5.75 Å². The van der Waals surface area contributed by atoms with Gasteiger partial charge in [0, 0.05) is 17.3 Å². The Morgan fingerprint density at radius 3 is 2.50 bits per heavy atom. The van der Waals surface area contributed by atoms with Gasteiger partial charge in [0.2, 0.25) is 5.91 Å². The molecule has 0 radical (unpaired) electrons. The maximum absolute atomic E-state index is 12.6. The van der Waals surface area contributed by atoms with E-state index >= 15 is 0 Å². The van der Waals surface area contributed by atoms with Crippen molar-refractivity contribution >= 4 is 23.2 Å². The number of carbonyl (C=O) groups excluding carboxylic acids is 2. The van der Waals surface area contributed by atoms with E-state index in [1.807, 2.05) is 56.3 Å². The summed E-state index contributed by atoms with van der Waals surface area (Å²) in [6, 6.07) is 14.8. The predicted molar refractivity (Wildman–Crippen MR) is 102 cm³/mol. The number of benzene rings is 2. The Hall–Kier alpha value is -2.82. The Labute approximate surface area is 153 Å². The third-order valence-corrected chi connectivity index (χ3v) is 4.40. The van der Waals surface area contributed by atoms with Gasteiger partial charge in [0.1, 0.15) is 5.75 Å². The van der Waals surface area contributed by atoms with Crippen molar-refractivity contribution in [2.75, 3.05) is 10.6 Å². The van der Waals surface area contributed by atoms with Crippen molar-refractivity contribution in [1.82, 2.24) is 0 Å². The normalized spacial score (nSPS) is 14.4. The molecule has 5 heteroatoms. The van der Waals surface area contributed by atoms with Crippen LogP contribution in [0.5, 0.6) is 5.75 Å². The number of para-hydroxylation sites is 1. The standard InChI is InChI=1S/C21H24N2O3/c1-3-19(26-17-7-5-4-6-8-17)21(25)22-16-12-9-14(2)18(13-16)23-20(24)15-10-11-15/h4-9,12-13,15,19H,3,10-11H2,1-2H3,(H,22,25)(H,23,24). The zero-order chi connectivity index (χ0) is 18.5. The highest BCUT2D eigenvalue weighted by Gasteiger charge is 2.29. The van der Waals surface area contributed by atoms with E-state index in [2.05, 4.69) is 10.6 Å². The highest BCUT2D eigenvalue weighted by Crippen LogP contribution is 2.31. The first-order valence-corrected chi connectivity index (χ1v) is 9.01. The minimum atomic E-state index is -0.580. The Morgan fingerprint density at radius 1 is 1.12 bits per heavy atom. The lowest BCUT2D eigenvalue weighted by molar-refractivity contribution is -0.122. The first-order chi connectivity index (χ1) is 12.6. The minimum absolute atomic E-state index is 0.0513. The van der Waals surface area contributed by atoms with Gasteiger partial charge < -0.3 is 15.4 Å². The molecule has 2 aromatic carbocycles. The Kier molecular flexibility index (Phi) is 5.56. The molecule has 2 aromatic rings. The number of ether oxygens (including phenoxy) is 1. The van der Waals surface area contributed by atoms with Crippen LogP contribution in [0.4, 0.5) is 11.4 Å². The number of anilines is 2. The smallest absolute Gasteiger partial charge is 0.265 e. The molecule has 0 spiro atoms. The second-order valence-corrected chi connectivity index (χ2v) is 6.61. The average molecular weight is 352 g/mol. The minimum Gasteiger partial charge on any atom is -0.481 e. The zero-order valence-corrected chi connectivity index (χ0v) is 15.1. The van der Waals surface area contributed by atoms with Crippen LogP contribution in [0.3, 0.4) is 0 Å². The summed E-state index contributed by atoms with van der Waals surface area (Å²) in [5.74, 6) is 0.641. The van der Waals surface area contributed by atoms with E-state index in [9.17, 15) is 9.59 Å². The molecule has 1 unspecified atom stereocenters. The molecule has 0 aromatic heterocycles. The van der Waals surface area contributed by atoms with Gasteiger partial charge in [-0.2, -0.15) is 0 Å². The van der Waals surface area contributed by atoms with E-state index in [1.165, 1.54) is 0 Å². The molecule has 0 bridgehead atoms. The van der Waals surface area contributed by atoms with Crippen molar-refractivity contribution in [2.24, 2.45) is 5.92 Å². The van der Waals surface area contributed by atoms with E-state index in [0.29, 0.717) is 17.9 Å². The monoisotopic (exact) mass is 352 g/mol. The molecule has 3 rings (SSSR count). The summed E-state index contributed by atoms with van der Waals surface area (Å²) < 4.78 is 5.77. The second kappa shape index (κ2) is 8.04. The van der Waals surface area contributed by atoms with Crippen LogP contribution in [0.1, 0.15) is 31.7 Å². The molecule has 1 atom stereocenters. The highest BCUT2D eigenvalue weighted by atomic mass is 16.5. The van der Waals surface area contributed by atoms with Gasteiger partial charge in [-0.15, -0.1) is 0 Å². The Balaban J connectivity index is 1.66. The van der Waals surface area contributed by atoms with Crippen molar-refractivity contribution in [3.63, 3.8) is 0 Å². The molecule has 2 amide bonds. The van der Waals surface area contributed by atoms with Gasteiger partial charge in [-0.3, -0.25) is 9.59 Å². The van der Waals surface area contributed by atoms with E-state index in [4.69, 9.17) is 4.74 Å². The third-order valence-electron chi connectivity index (χ3n) is 4.40. The first kappa shape index (κ1) is 18.0. The fourth-order valence-corrected chi connectivity index (χ4v) is 2.62. The van der Waals surface area contributed by atoms with Gasteiger partial charge in [0.05, 0.1) is 0 Å². The molecule has 26 heavy (non-hydrogen) atoms. The van der Waals surface area contributed by atoms with Crippen LogP contribution >= 0.6 is 0 Å². The van der Waals surface area contributed by atoms with E-state index in [0.717, 1.165) is 24.1 Å². The van der Waals surface area contributed by atoms with Crippen LogP contribution in [0, 0.1) is 12.8 Å². The van der Waals surface area contributed by atoms with Gasteiger partial charge in [0.25, 0.3) is 5.91 Å². The number of amides is 2. The van der Waals surface area contributed by atoms with Crippen LogP contribution in [0.15, 0.2) is 48.5 Å². The van der Waals surface area contributed by atoms with Gasteiger partial charge in [-0.25, -0.2) is 0 Å². The molecule has 1 aliphatic carbocycles. The van der Waals surface area contributed by atoms with Crippen molar-refractivity contribution in [2.45, 2.75) is 39.2 Å². The Bertz CT molecular complexity index is 785. The summed E-state index contributed by atoms with van der Waals surface area (Å²) in [5.41, 5.74) is 2.34. The quantitative estimate of drug-likeness (QED) is 0.787. The van der Waals surface area contributed by atoms with Crippen molar-refractivity contribution in [3.05, 3.63) is 54.1 Å². The topological polar surface area (TPSA) is 67.4 Å². The van der Waals surface area contributed by atoms with Gasteiger partial charge in [-0.05, 0) is 56.0 Å². The fraction of sp³-hybridized carbons (Fsp3) is 0.333. The molecular formula is C21H24N2O3. The van der Waals surface area contributed by atoms with E-state index < -0.39 is 6.10 Å². The molecule has 1 saturated carbocycles. The van der Waals surface area contributed by atoms with E-state index in [1.54, 1.807) is 6.07 Å². The van der Waals surface area contributed by atoms with Crippen LogP contribution in [-0.2, 0) is 9.59 Å². The number of hydrogen-bond donors (Lipinski definition) is 2. The maximum atomic E-state index is 12.6. The molecule has 0 saturated heterocycles. The van der Waals surface area contributed by atoms with Crippen LogP contribution in [0.2, 0.25) is 0 Å². The third kappa shape index (κ3) is 4.63. The van der Waals surface area contributed by atoms with Crippen LogP contribution in [0.25, 0.3) is 0 Å². The molecule has 1 aliphatic rings. The number of nitrogens with one attached hydrogen (secondary N) is 2. The summed E-state index contributed by atoms with van der Waals surface area (Å²) in [7, 11) is 0. The lowest BCUT2D eigenvalue weighted by Gasteiger charge is -2.18. The average Bonchev–Trinajstić information content (AvgIpc) is 3.48. The first-order valence-electron chi connectivity index (χ1n) is 9.01. The van der Waals surface area contributed by atoms with E-state index in [-0.39, 0.29) is 17.7 Å². The lowest BCUT2D eigenvalue weighted by atomic mass is 10.1. The fourth-order valence-electron chi connectivity index (χ4n) is 2.62. The summed E-state index contributed by atoms with van der Waals surface area (Å²) >= 11 is 0. The molecule has 0 aliphatic heterocycles. The maximum Gasteiger partial charge on any atom is 0.265 e. The molecule has 136 valence electrons. The van der Waals surface area contributed by atoms with Gasteiger partial charge in [-0.1, -0.05) is 31.2 Å². The van der Waals surface area contributed by atoms with Crippen LogP contribution in [-0.4, -0.2) is 17.9 Å². The predicted octanol–water partition coefficient (Wildman–Crippen LogP) is 4.14. The largest absolute Gasteiger partial charge is 0.481 e. The molecule has 2 N–H and O–H groups in total. The molecule has 1 fully saturated rings. The van der Waals surface area contributed by atoms with Gasteiger partial charge in [0.15, 0.2) is 6.10 Å². The summed E-state index contributed by atoms with van der Waals surface area (Å²) in [6.07, 6.45) is 1.88. The molecular weight excluding hydrogens is 328 g/mol. The molecule has 0 heterocycles. The number of rotatable bonds is 7. The van der Waals surface area contributed by atoms with Crippen LogP contribution < -0.4 is 15.4 Å². The van der Waals surface area contributed by atoms with Gasteiger partial charge >= 0.3 is 0 Å². The Morgan fingerprint density at radius 2 is 1.85 bits per heavy atom. The number of carbonyl (C=O) groups is 2. The summed E-state index contributed by atoms with van der Waals surface area (Å²) in [6.45, 7) is 3.84.